The third kappa shape index (κ3) is 2.46. The zero-order chi connectivity index (χ0) is 18.4. The van der Waals surface area contributed by atoms with Crippen LogP contribution in [0.2, 0.25) is 0 Å². The summed E-state index contributed by atoms with van der Waals surface area (Å²) in [6.07, 6.45) is 0.517. The van der Waals surface area contributed by atoms with Gasteiger partial charge in [0.25, 0.3) is 0 Å². The smallest absolute Gasteiger partial charge is 0.229 e. The van der Waals surface area contributed by atoms with Crippen molar-refractivity contribution in [2.24, 2.45) is 0 Å². The number of nitrogen functional groups attached to an aromatic ring is 1. The van der Waals surface area contributed by atoms with Crippen LogP contribution >= 0.6 is 0 Å². The zero-order valence-corrected chi connectivity index (χ0v) is 14.2. The molecule has 9 nitrogen and oxygen atoms in total. The fourth-order valence-electron chi connectivity index (χ4n) is 3.06. The monoisotopic (exact) mass is 347 g/mol. The molecule has 2 aromatic rings. The molecule has 134 valence electrons. The van der Waals surface area contributed by atoms with E-state index in [1.165, 1.54) is 23.8 Å². The number of hydrogen-bond acceptors (Lipinski definition) is 8. The van der Waals surface area contributed by atoms with Gasteiger partial charge in [-0.15, -0.1) is 0 Å². The molecule has 4 atom stereocenters. The molecule has 0 spiro atoms. The van der Waals surface area contributed by atoms with Crippen molar-refractivity contribution >= 4 is 11.3 Å². The van der Waals surface area contributed by atoms with E-state index in [-0.39, 0.29) is 18.4 Å². The highest BCUT2D eigenvalue weighted by atomic mass is 16.6. The number of imidazole rings is 1. The number of rotatable bonds is 4. The summed E-state index contributed by atoms with van der Waals surface area (Å²) < 4.78 is 12.7. The van der Waals surface area contributed by atoms with Gasteiger partial charge < -0.3 is 25.4 Å². The Hall–Kier alpha value is -2.25. The van der Waals surface area contributed by atoms with Crippen LogP contribution in [0.25, 0.3) is 5.65 Å². The summed E-state index contributed by atoms with van der Waals surface area (Å²) in [7, 11) is 0. The molecule has 1 aliphatic rings. The van der Waals surface area contributed by atoms with Crippen LogP contribution in [0.1, 0.15) is 26.5 Å². The van der Waals surface area contributed by atoms with E-state index in [4.69, 9.17) is 15.2 Å². The minimum Gasteiger partial charge on any atom is -0.396 e. The van der Waals surface area contributed by atoms with E-state index in [9.17, 15) is 15.5 Å². The maximum Gasteiger partial charge on any atom is 0.229 e. The molecule has 0 radical (unpaired) electrons. The number of nitriles is 1. The highest BCUT2D eigenvalue weighted by Gasteiger charge is 2.65. The molecule has 0 aliphatic carbocycles. The number of ether oxygens (including phenoxy) is 2. The number of anilines is 1. The first-order chi connectivity index (χ1) is 11.7. The van der Waals surface area contributed by atoms with E-state index in [2.05, 4.69) is 10.1 Å². The number of aliphatic hydroxyl groups excluding tert-OH is 1. The Morgan fingerprint density at radius 1 is 1.56 bits per heavy atom. The molecule has 0 bridgehead atoms. The largest absolute Gasteiger partial charge is 0.396 e. The summed E-state index contributed by atoms with van der Waals surface area (Å²) in [6, 6.07) is 3.58. The lowest BCUT2D eigenvalue weighted by Crippen LogP contribution is -2.52. The second-order valence-electron chi connectivity index (χ2n) is 6.59. The predicted octanol–water partition coefficient (Wildman–Crippen LogP) is -0.0339. The van der Waals surface area contributed by atoms with E-state index < -0.39 is 23.4 Å². The minimum absolute atomic E-state index is 0.0325. The number of aliphatic hydroxyl groups is 2. The normalized spacial score (nSPS) is 32.4. The predicted molar refractivity (Wildman–Crippen MR) is 87.3 cm³/mol. The number of aromatic nitrogens is 3. The van der Waals surface area contributed by atoms with Crippen LogP contribution in [0.4, 0.5) is 5.69 Å². The van der Waals surface area contributed by atoms with Gasteiger partial charge in [-0.3, -0.25) is 0 Å². The van der Waals surface area contributed by atoms with E-state index in [0.29, 0.717) is 11.3 Å². The molecule has 1 aliphatic heterocycles. The average Bonchev–Trinajstić information content (AvgIpc) is 3.07. The van der Waals surface area contributed by atoms with Crippen molar-refractivity contribution < 1.29 is 19.7 Å². The van der Waals surface area contributed by atoms with Crippen LogP contribution in [0.5, 0.6) is 0 Å². The first-order valence-electron chi connectivity index (χ1n) is 7.94. The van der Waals surface area contributed by atoms with Gasteiger partial charge in [-0.1, -0.05) is 0 Å². The standard InChI is InChI=1S/C16H21N5O4/c1-9(2)24-7-11-13(22)15(3,23)16(8-17,25-11)12-6-19-14-10(18)4-5-20-21(12)14/h4-6,9,11,13,22-23H,7,18H2,1-3H3/t11-,13-,15-,16+/m1/s1. The Balaban J connectivity index is 2.10. The molecule has 1 saturated heterocycles. The van der Waals surface area contributed by atoms with Gasteiger partial charge in [-0.2, -0.15) is 10.4 Å². The van der Waals surface area contributed by atoms with Gasteiger partial charge in [0.2, 0.25) is 5.60 Å². The lowest BCUT2D eigenvalue weighted by molar-refractivity contribution is -0.112. The van der Waals surface area contributed by atoms with Crippen molar-refractivity contribution in [2.75, 3.05) is 12.3 Å². The Labute approximate surface area is 144 Å². The zero-order valence-electron chi connectivity index (χ0n) is 14.2. The van der Waals surface area contributed by atoms with E-state index in [1.54, 1.807) is 6.07 Å². The molecule has 0 aromatic carbocycles. The molecule has 0 unspecified atom stereocenters. The SMILES string of the molecule is CC(C)OC[C@H]1O[C@@](C#N)(c2cnc3c(N)ccnn23)[C@](C)(O)[C@@H]1O. The third-order valence-electron chi connectivity index (χ3n) is 4.51. The van der Waals surface area contributed by atoms with Gasteiger partial charge in [0.05, 0.1) is 30.8 Å². The van der Waals surface area contributed by atoms with Gasteiger partial charge >= 0.3 is 0 Å². The molecule has 3 heterocycles. The molecule has 25 heavy (non-hydrogen) atoms. The maximum atomic E-state index is 11.0. The summed E-state index contributed by atoms with van der Waals surface area (Å²) in [5, 5.41) is 35.5. The highest BCUT2D eigenvalue weighted by molar-refractivity contribution is 5.64. The van der Waals surface area contributed by atoms with Gasteiger partial charge in [-0.25, -0.2) is 9.50 Å². The maximum absolute atomic E-state index is 11.0. The van der Waals surface area contributed by atoms with Crippen LogP contribution in [-0.2, 0) is 15.1 Å². The first-order valence-corrected chi connectivity index (χ1v) is 7.94. The van der Waals surface area contributed by atoms with Crippen LogP contribution in [0.3, 0.4) is 0 Å². The summed E-state index contributed by atoms with van der Waals surface area (Å²) in [5.41, 5.74) is 2.98. The van der Waals surface area contributed by atoms with Gasteiger partial charge in [0, 0.05) is 0 Å². The van der Waals surface area contributed by atoms with Crippen molar-refractivity contribution in [3.05, 3.63) is 24.2 Å². The highest BCUT2D eigenvalue weighted by Crippen LogP contribution is 2.47. The minimum atomic E-state index is -1.91. The molecule has 4 N–H and O–H groups in total. The molecule has 3 rings (SSSR count). The quantitative estimate of drug-likeness (QED) is 0.700. The van der Waals surface area contributed by atoms with Crippen molar-refractivity contribution in [1.29, 1.82) is 5.26 Å². The van der Waals surface area contributed by atoms with Crippen LogP contribution in [-0.4, -0.2) is 55.3 Å². The summed E-state index contributed by atoms with van der Waals surface area (Å²) in [5.74, 6) is 0. The van der Waals surface area contributed by atoms with Crippen molar-refractivity contribution in [1.82, 2.24) is 14.6 Å². The lowest BCUT2D eigenvalue weighted by atomic mass is 9.80. The topological polar surface area (TPSA) is 139 Å². The molecule has 0 amide bonds. The van der Waals surface area contributed by atoms with Crippen LogP contribution in [0.15, 0.2) is 18.5 Å². The molecule has 0 saturated carbocycles. The Morgan fingerprint density at radius 3 is 2.92 bits per heavy atom. The Bertz CT molecular complexity index is 828. The van der Waals surface area contributed by atoms with Crippen molar-refractivity contribution in [3.63, 3.8) is 0 Å². The Kier molecular flexibility index (Phi) is 4.17. The second kappa shape index (κ2) is 5.93. The fourth-order valence-corrected chi connectivity index (χ4v) is 3.06. The van der Waals surface area contributed by atoms with Crippen molar-refractivity contribution in [3.8, 4) is 6.07 Å². The molecule has 2 aromatic heterocycles. The third-order valence-corrected chi connectivity index (χ3v) is 4.51. The van der Waals surface area contributed by atoms with E-state index in [0.717, 1.165) is 0 Å². The number of hydrogen-bond donors (Lipinski definition) is 3. The van der Waals surface area contributed by atoms with Gasteiger partial charge in [0.1, 0.15) is 29.6 Å². The molecule has 9 heteroatoms. The summed E-state index contributed by atoms with van der Waals surface area (Å²) in [4.78, 5) is 4.17. The number of fused-ring (bicyclic) bond motifs is 1. The van der Waals surface area contributed by atoms with E-state index >= 15 is 0 Å². The first kappa shape index (κ1) is 17.6. The van der Waals surface area contributed by atoms with Gasteiger partial charge in [0.15, 0.2) is 5.65 Å². The average molecular weight is 347 g/mol. The lowest BCUT2D eigenvalue weighted by Gasteiger charge is -2.32. The number of nitrogens with two attached hydrogens (primary N) is 1. The fraction of sp³-hybridized carbons (Fsp3) is 0.562. The van der Waals surface area contributed by atoms with Crippen molar-refractivity contribution in [2.45, 2.75) is 50.3 Å². The second-order valence-corrected chi connectivity index (χ2v) is 6.59. The Morgan fingerprint density at radius 2 is 2.28 bits per heavy atom. The molecule has 1 fully saturated rings. The number of nitrogens with zero attached hydrogens (tertiary/aromatic N) is 4. The van der Waals surface area contributed by atoms with Gasteiger partial charge in [-0.05, 0) is 26.8 Å². The molecular formula is C16H21N5O4. The summed E-state index contributed by atoms with van der Waals surface area (Å²) in [6.45, 7) is 5.06. The van der Waals surface area contributed by atoms with Crippen LogP contribution < -0.4 is 5.73 Å². The summed E-state index contributed by atoms with van der Waals surface area (Å²) >= 11 is 0. The molecular weight excluding hydrogens is 326 g/mol. The van der Waals surface area contributed by atoms with Crippen LogP contribution in [0, 0.1) is 11.3 Å². The van der Waals surface area contributed by atoms with E-state index in [1.807, 2.05) is 19.9 Å².